The second kappa shape index (κ2) is 5.29. The molecule has 0 atom stereocenters. The van der Waals surface area contributed by atoms with Crippen LogP contribution in [0.15, 0.2) is 18.2 Å². The van der Waals surface area contributed by atoms with Gasteiger partial charge in [0.05, 0.1) is 5.69 Å². The smallest absolute Gasteiger partial charge is 0.146 e. The Morgan fingerprint density at radius 2 is 2.21 bits per heavy atom. The monoisotopic (exact) mass is 191 g/mol. The molecule has 0 radical (unpaired) electrons. The quantitative estimate of drug-likeness (QED) is 0.572. The van der Waals surface area contributed by atoms with E-state index in [9.17, 15) is 4.39 Å². The van der Waals surface area contributed by atoms with E-state index in [1.54, 1.807) is 19.1 Å². The molecule has 0 unspecified atom stereocenters. The van der Waals surface area contributed by atoms with E-state index in [2.05, 4.69) is 17.2 Å². The minimum atomic E-state index is -0.208. The summed E-state index contributed by atoms with van der Waals surface area (Å²) in [5.74, 6) is 5.51. The molecule has 0 heterocycles. The Hall–Kier alpha value is -1.49. The van der Waals surface area contributed by atoms with Crippen LogP contribution in [-0.4, -0.2) is 6.54 Å². The number of hydrogen-bond donors (Lipinski definition) is 1. The van der Waals surface area contributed by atoms with Crippen molar-refractivity contribution in [2.75, 3.05) is 11.9 Å². The standard InChI is InChI=1S/C12H14FN/c1-3-4-5-8-14-12-9-10(2)6-7-11(12)13/h6-7,9,14H,5,8H2,1-2H3. The van der Waals surface area contributed by atoms with Crippen LogP contribution in [0.4, 0.5) is 10.1 Å². The van der Waals surface area contributed by atoms with Gasteiger partial charge in [-0.3, -0.25) is 0 Å². The first-order chi connectivity index (χ1) is 6.74. The van der Waals surface area contributed by atoms with Gasteiger partial charge in [0.2, 0.25) is 0 Å². The topological polar surface area (TPSA) is 12.0 Å². The summed E-state index contributed by atoms with van der Waals surface area (Å²) >= 11 is 0. The summed E-state index contributed by atoms with van der Waals surface area (Å²) in [6.45, 7) is 4.42. The molecule has 74 valence electrons. The third-order valence-corrected chi connectivity index (χ3v) is 1.86. The molecular formula is C12H14FN. The van der Waals surface area contributed by atoms with Gasteiger partial charge in [0.25, 0.3) is 0 Å². The van der Waals surface area contributed by atoms with Crippen LogP contribution in [0.3, 0.4) is 0 Å². The maximum atomic E-state index is 13.2. The number of anilines is 1. The zero-order valence-corrected chi connectivity index (χ0v) is 8.52. The van der Waals surface area contributed by atoms with Gasteiger partial charge in [-0.15, -0.1) is 11.8 Å². The lowest BCUT2D eigenvalue weighted by Gasteiger charge is -2.06. The van der Waals surface area contributed by atoms with Crippen LogP contribution in [0.2, 0.25) is 0 Å². The van der Waals surface area contributed by atoms with Crippen molar-refractivity contribution >= 4 is 5.69 Å². The molecular weight excluding hydrogens is 177 g/mol. The predicted octanol–water partition coefficient (Wildman–Crippen LogP) is 2.96. The van der Waals surface area contributed by atoms with Crippen LogP contribution in [0.5, 0.6) is 0 Å². The lowest BCUT2D eigenvalue weighted by atomic mass is 10.2. The van der Waals surface area contributed by atoms with E-state index in [0.29, 0.717) is 12.2 Å². The molecule has 0 aromatic heterocycles. The van der Waals surface area contributed by atoms with Crippen LogP contribution < -0.4 is 5.32 Å². The Labute approximate surface area is 84.3 Å². The lowest BCUT2D eigenvalue weighted by Crippen LogP contribution is -2.02. The SMILES string of the molecule is CC#CCCNc1cc(C)ccc1F. The zero-order chi connectivity index (χ0) is 10.4. The summed E-state index contributed by atoms with van der Waals surface area (Å²) < 4.78 is 13.2. The molecule has 1 aromatic rings. The van der Waals surface area contributed by atoms with E-state index in [1.807, 2.05) is 6.92 Å². The normalized spacial score (nSPS) is 9.07. The van der Waals surface area contributed by atoms with Gasteiger partial charge in [-0.05, 0) is 31.5 Å². The maximum Gasteiger partial charge on any atom is 0.146 e. The van der Waals surface area contributed by atoms with Crippen molar-refractivity contribution < 1.29 is 4.39 Å². The molecule has 1 rings (SSSR count). The summed E-state index contributed by atoms with van der Waals surface area (Å²) in [5.41, 5.74) is 1.61. The van der Waals surface area contributed by atoms with E-state index < -0.39 is 0 Å². The molecule has 0 spiro atoms. The highest BCUT2D eigenvalue weighted by Crippen LogP contribution is 2.15. The molecule has 1 aromatic carbocycles. The highest BCUT2D eigenvalue weighted by Gasteiger charge is 1.99. The molecule has 0 bridgehead atoms. The van der Waals surface area contributed by atoms with Gasteiger partial charge in [0.15, 0.2) is 0 Å². The molecule has 14 heavy (non-hydrogen) atoms. The molecule has 0 amide bonds. The highest BCUT2D eigenvalue weighted by molar-refractivity contribution is 5.47. The van der Waals surface area contributed by atoms with Crippen molar-refractivity contribution in [1.82, 2.24) is 0 Å². The zero-order valence-electron chi connectivity index (χ0n) is 8.52. The largest absolute Gasteiger partial charge is 0.382 e. The molecule has 1 N–H and O–H groups in total. The summed E-state index contributed by atoms with van der Waals surface area (Å²) in [5, 5.41) is 3.01. The molecule has 0 saturated carbocycles. The van der Waals surface area contributed by atoms with Gasteiger partial charge < -0.3 is 5.32 Å². The first kappa shape index (κ1) is 10.6. The first-order valence-electron chi connectivity index (χ1n) is 4.63. The molecule has 0 aliphatic heterocycles. The minimum Gasteiger partial charge on any atom is -0.382 e. The van der Waals surface area contributed by atoms with Crippen LogP contribution in [-0.2, 0) is 0 Å². The average molecular weight is 191 g/mol. The van der Waals surface area contributed by atoms with Crippen LogP contribution in [0.25, 0.3) is 0 Å². The van der Waals surface area contributed by atoms with Crippen molar-refractivity contribution in [1.29, 1.82) is 0 Å². The van der Waals surface area contributed by atoms with Crippen molar-refractivity contribution in [3.63, 3.8) is 0 Å². The summed E-state index contributed by atoms with van der Waals surface area (Å²) in [6, 6.07) is 5.03. The van der Waals surface area contributed by atoms with E-state index in [4.69, 9.17) is 0 Å². The maximum absolute atomic E-state index is 13.2. The second-order valence-electron chi connectivity index (χ2n) is 3.09. The number of nitrogens with one attached hydrogen (secondary N) is 1. The van der Waals surface area contributed by atoms with Gasteiger partial charge in [-0.2, -0.15) is 0 Å². The number of halogens is 1. The average Bonchev–Trinajstić information content (AvgIpc) is 2.18. The fraction of sp³-hybridized carbons (Fsp3) is 0.333. The Kier molecular flexibility index (Phi) is 4.00. The van der Waals surface area contributed by atoms with Gasteiger partial charge in [-0.1, -0.05) is 6.07 Å². The number of aryl methyl sites for hydroxylation is 1. The fourth-order valence-electron chi connectivity index (χ4n) is 1.16. The van der Waals surface area contributed by atoms with Crippen LogP contribution in [0.1, 0.15) is 18.9 Å². The van der Waals surface area contributed by atoms with Crippen molar-refractivity contribution in [2.24, 2.45) is 0 Å². The van der Waals surface area contributed by atoms with Crippen molar-refractivity contribution in [2.45, 2.75) is 20.3 Å². The van der Waals surface area contributed by atoms with E-state index in [-0.39, 0.29) is 5.82 Å². The van der Waals surface area contributed by atoms with Crippen LogP contribution >= 0.6 is 0 Å². The van der Waals surface area contributed by atoms with E-state index in [0.717, 1.165) is 12.0 Å². The van der Waals surface area contributed by atoms with Gasteiger partial charge >= 0.3 is 0 Å². The lowest BCUT2D eigenvalue weighted by molar-refractivity contribution is 0.630. The Morgan fingerprint density at radius 1 is 1.43 bits per heavy atom. The first-order valence-corrected chi connectivity index (χ1v) is 4.63. The minimum absolute atomic E-state index is 0.208. The van der Waals surface area contributed by atoms with Crippen LogP contribution in [0, 0.1) is 24.6 Å². The molecule has 1 nitrogen and oxygen atoms in total. The summed E-state index contributed by atoms with van der Waals surface area (Å²) in [7, 11) is 0. The highest BCUT2D eigenvalue weighted by atomic mass is 19.1. The van der Waals surface area contributed by atoms with E-state index >= 15 is 0 Å². The Bertz CT molecular complexity index is 360. The predicted molar refractivity (Wildman–Crippen MR) is 57.7 cm³/mol. The number of rotatable bonds is 3. The summed E-state index contributed by atoms with van der Waals surface area (Å²) in [4.78, 5) is 0. The van der Waals surface area contributed by atoms with Crippen molar-refractivity contribution in [3.05, 3.63) is 29.6 Å². The Balaban J connectivity index is 2.56. The third-order valence-electron chi connectivity index (χ3n) is 1.86. The van der Waals surface area contributed by atoms with E-state index in [1.165, 1.54) is 6.07 Å². The number of benzene rings is 1. The fourth-order valence-corrected chi connectivity index (χ4v) is 1.16. The molecule has 0 aliphatic rings. The van der Waals surface area contributed by atoms with Crippen molar-refractivity contribution in [3.8, 4) is 11.8 Å². The molecule has 0 fully saturated rings. The Morgan fingerprint density at radius 3 is 2.93 bits per heavy atom. The van der Waals surface area contributed by atoms with Gasteiger partial charge in [0.1, 0.15) is 5.82 Å². The number of hydrogen-bond acceptors (Lipinski definition) is 1. The van der Waals surface area contributed by atoms with Gasteiger partial charge in [0, 0.05) is 13.0 Å². The molecule has 0 saturated heterocycles. The summed E-state index contributed by atoms with van der Waals surface area (Å²) in [6.07, 6.45) is 0.740. The third kappa shape index (κ3) is 3.10. The molecule has 2 heteroatoms. The van der Waals surface area contributed by atoms with Gasteiger partial charge in [-0.25, -0.2) is 4.39 Å². The second-order valence-corrected chi connectivity index (χ2v) is 3.09. The molecule has 0 aliphatic carbocycles.